The molecule has 0 aromatic heterocycles. The van der Waals surface area contributed by atoms with E-state index in [4.69, 9.17) is 4.74 Å². The van der Waals surface area contributed by atoms with Gasteiger partial charge in [-0.2, -0.15) is 0 Å². The van der Waals surface area contributed by atoms with Crippen molar-refractivity contribution in [1.29, 1.82) is 0 Å². The maximum Gasteiger partial charge on any atom is 0.326 e. The van der Waals surface area contributed by atoms with Crippen molar-refractivity contribution < 1.29 is 9.53 Å². The molecule has 1 N–H and O–H groups in total. The monoisotopic (exact) mass is 171 g/mol. The molecule has 0 spiro atoms. The zero-order chi connectivity index (χ0) is 9.19. The molecule has 0 saturated carbocycles. The van der Waals surface area contributed by atoms with Crippen molar-refractivity contribution in [1.82, 2.24) is 5.32 Å². The Hall–Kier alpha value is -0.570. The molecule has 1 saturated heterocycles. The van der Waals surface area contributed by atoms with Crippen molar-refractivity contribution in [3.63, 3.8) is 0 Å². The summed E-state index contributed by atoms with van der Waals surface area (Å²) < 4.78 is 5.00. The molecule has 3 heteroatoms. The fourth-order valence-electron chi connectivity index (χ4n) is 1.57. The van der Waals surface area contributed by atoms with Gasteiger partial charge in [-0.1, -0.05) is 6.92 Å². The van der Waals surface area contributed by atoms with E-state index < -0.39 is 5.54 Å². The first-order valence-electron chi connectivity index (χ1n) is 4.53. The minimum atomic E-state index is -0.448. The van der Waals surface area contributed by atoms with Crippen molar-refractivity contribution in [2.75, 3.05) is 13.2 Å². The second-order valence-electron chi connectivity index (χ2n) is 3.54. The minimum absolute atomic E-state index is 0.116. The maximum atomic E-state index is 11.5. The van der Waals surface area contributed by atoms with E-state index in [1.54, 1.807) is 0 Å². The summed E-state index contributed by atoms with van der Waals surface area (Å²) in [7, 11) is 0. The summed E-state index contributed by atoms with van der Waals surface area (Å²) in [5.74, 6) is 0.256. The molecule has 1 aliphatic heterocycles. The summed E-state index contributed by atoms with van der Waals surface area (Å²) in [6.07, 6.45) is 1.05. The van der Waals surface area contributed by atoms with E-state index in [1.807, 2.05) is 13.8 Å². The first kappa shape index (κ1) is 9.52. The van der Waals surface area contributed by atoms with E-state index >= 15 is 0 Å². The summed E-state index contributed by atoms with van der Waals surface area (Å²) >= 11 is 0. The van der Waals surface area contributed by atoms with Gasteiger partial charge in [0.1, 0.15) is 5.54 Å². The molecule has 2 atom stereocenters. The van der Waals surface area contributed by atoms with Crippen LogP contribution >= 0.6 is 0 Å². The highest BCUT2D eigenvalue weighted by Gasteiger charge is 2.43. The molecule has 12 heavy (non-hydrogen) atoms. The molecule has 0 aliphatic carbocycles. The molecule has 3 nitrogen and oxygen atoms in total. The SMILES string of the molecule is CCOC(=O)[C@]1(C)NCC[C@@H]1C. The van der Waals surface area contributed by atoms with Crippen LogP contribution in [-0.2, 0) is 9.53 Å². The third-order valence-electron chi connectivity index (χ3n) is 2.75. The number of hydrogen-bond acceptors (Lipinski definition) is 3. The lowest BCUT2D eigenvalue weighted by Gasteiger charge is -2.26. The average molecular weight is 171 g/mol. The molecule has 0 aromatic rings. The Morgan fingerprint density at radius 3 is 2.83 bits per heavy atom. The molecular formula is C9H17NO2. The molecule has 0 unspecified atom stereocenters. The lowest BCUT2D eigenvalue weighted by Crippen LogP contribution is -2.49. The number of carbonyl (C=O) groups excluding carboxylic acids is 1. The number of hydrogen-bond donors (Lipinski definition) is 1. The fraction of sp³-hybridized carbons (Fsp3) is 0.889. The van der Waals surface area contributed by atoms with Crippen molar-refractivity contribution in [3.05, 3.63) is 0 Å². The van der Waals surface area contributed by atoms with E-state index in [0.29, 0.717) is 12.5 Å². The molecule has 1 rings (SSSR count). The van der Waals surface area contributed by atoms with E-state index in [9.17, 15) is 4.79 Å². The van der Waals surface area contributed by atoms with Crippen molar-refractivity contribution in [3.8, 4) is 0 Å². The van der Waals surface area contributed by atoms with Gasteiger partial charge in [0, 0.05) is 0 Å². The summed E-state index contributed by atoms with van der Waals surface area (Å²) in [4.78, 5) is 11.5. The first-order chi connectivity index (χ1) is 5.61. The van der Waals surface area contributed by atoms with Gasteiger partial charge in [-0.3, -0.25) is 4.79 Å². The molecule has 1 aliphatic rings. The second-order valence-corrected chi connectivity index (χ2v) is 3.54. The van der Waals surface area contributed by atoms with Crippen LogP contribution < -0.4 is 5.32 Å². The van der Waals surface area contributed by atoms with E-state index in [1.165, 1.54) is 0 Å². The van der Waals surface area contributed by atoms with Crippen LogP contribution in [0.15, 0.2) is 0 Å². The van der Waals surface area contributed by atoms with Crippen molar-refractivity contribution in [2.24, 2.45) is 5.92 Å². The predicted molar refractivity (Wildman–Crippen MR) is 46.8 cm³/mol. The van der Waals surface area contributed by atoms with Crippen LogP contribution in [0.4, 0.5) is 0 Å². The van der Waals surface area contributed by atoms with Crippen LogP contribution in [0.2, 0.25) is 0 Å². The van der Waals surface area contributed by atoms with Crippen LogP contribution in [0, 0.1) is 5.92 Å². The van der Waals surface area contributed by atoms with Crippen LogP contribution in [-0.4, -0.2) is 24.7 Å². The summed E-state index contributed by atoms with van der Waals surface area (Å²) in [5.41, 5.74) is -0.448. The number of rotatable bonds is 2. The van der Waals surface area contributed by atoms with Gasteiger partial charge < -0.3 is 10.1 Å². The van der Waals surface area contributed by atoms with Gasteiger partial charge in [0.25, 0.3) is 0 Å². The number of nitrogens with one attached hydrogen (secondary N) is 1. The van der Waals surface area contributed by atoms with E-state index in [2.05, 4.69) is 12.2 Å². The zero-order valence-electron chi connectivity index (χ0n) is 8.02. The lowest BCUT2D eigenvalue weighted by atomic mass is 9.89. The Labute approximate surface area is 73.5 Å². The third kappa shape index (κ3) is 1.46. The highest BCUT2D eigenvalue weighted by Crippen LogP contribution is 2.26. The lowest BCUT2D eigenvalue weighted by molar-refractivity contribution is -0.151. The van der Waals surface area contributed by atoms with Gasteiger partial charge in [-0.15, -0.1) is 0 Å². The largest absolute Gasteiger partial charge is 0.465 e. The molecule has 1 fully saturated rings. The second kappa shape index (κ2) is 3.44. The summed E-state index contributed by atoms with van der Waals surface area (Å²) in [5, 5.41) is 3.19. The van der Waals surface area contributed by atoms with Gasteiger partial charge >= 0.3 is 5.97 Å². The van der Waals surface area contributed by atoms with E-state index in [-0.39, 0.29) is 5.97 Å². The summed E-state index contributed by atoms with van der Waals surface area (Å²) in [6.45, 7) is 7.21. The van der Waals surface area contributed by atoms with Gasteiger partial charge in [0.2, 0.25) is 0 Å². The van der Waals surface area contributed by atoms with Crippen LogP contribution in [0.5, 0.6) is 0 Å². The van der Waals surface area contributed by atoms with Gasteiger partial charge in [-0.25, -0.2) is 0 Å². The first-order valence-corrected chi connectivity index (χ1v) is 4.53. The molecule has 1 heterocycles. The standard InChI is InChI=1S/C9H17NO2/c1-4-12-8(11)9(3)7(2)5-6-10-9/h7,10H,4-6H2,1-3H3/t7-,9+/m0/s1. The average Bonchev–Trinajstić information content (AvgIpc) is 2.34. The third-order valence-corrected chi connectivity index (χ3v) is 2.75. The number of esters is 1. The molecule has 0 radical (unpaired) electrons. The minimum Gasteiger partial charge on any atom is -0.465 e. The normalized spacial score (nSPS) is 35.1. The number of carbonyl (C=O) groups is 1. The highest BCUT2D eigenvalue weighted by molar-refractivity contribution is 5.81. The van der Waals surface area contributed by atoms with E-state index in [0.717, 1.165) is 13.0 Å². The predicted octanol–water partition coefficient (Wildman–Crippen LogP) is 0.938. The quantitative estimate of drug-likeness (QED) is 0.628. The smallest absolute Gasteiger partial charge is 0.326 e. The maximum absolute atomic E-state index is 11.5. The highest BCUT2D eigenvalue weighted by atomic mass is 16.5. The Morgan fingerprint density at radius 1 is 1.75 bits per heavy atom. The molecule has 0 bridgehead atoms. The van der Waals surface area contributed by atoms with Gasteiger partial charge in [-0.05, 0) is 32.7 Å². The zero-order valence-corrected chi connectivity index (χ0v) is 8.02. The Bertz CT molecular complexity index is 181. The molecule has 0 amide bonds. The van der Waals surface area contributed by atoms with Crippen LogP contribution in [0.1, 0.15) is 27.2 Å². The summed E-state index contributed by atoms with van der Waals surface area (Å²) in [6, 6.07) is 0. The fourth-order valence-corrected chi connectivity index (χ4v) is 1.57. The molecular weight excluding hydrogens is 154 g/mol. The Balaban J connectivity index is 2.63. The van der Waals surface area contributed by atoms with Gasteiger partial charge in [0.15, 0.2) is 0 Å². The topological polar surface area (TPSA) is 38.3 Å². The number of ether oxygens (including phenoxy) is 1. The van der Waals surface area contributed by atoms with Gasteiger partial charge in [0.05, 0.1) is 6.61 Å². The van der Waals surface area contributed by atoms with Crippen LogP contribution in [0.25, 0.3) is 0 Å². The van der Waals surface area contributed by atoms with Crippen molar-refractivity contribution in [2.45, 2.75) is 32.7 Å². The Morgan fingerprint density at radius 2 is 2.42 bits per heavy atom. The molecule has 0 aromatic carbocycles. The van der Waals surface area contributed by atoms with Crippen LogP contribution in [0.3, 0.4) is 0 Å². The molecule has 70 valence electrons. The Kier molecular flexibility index (Phi) is 2.73. The van der Waals surface area contributed by atoms with Crippen molar-refractivity contribution >= 4 is 5.97 Å².